The molecule has 7 heteroatoms. The SMILES string of the molecule is CCCSCCCNC(=O)C1CCC2O/C(=C\c3ccccc3Cl)C(=O)NC2C1. The first-order chi connectivity index (χ1) is 14.1. The fraction of sp³-hybridized carbons (Fsp3) is 0.545. The highest BCUT2D eigenvalue weighted by atomic mass is 35.5. The molecule has 1 saturated heterocycles. The number of ether oxygens (including phenoxy) is 1. The van der Waals surface area contributed by atoms with Crippen LogP contribution in [0.5, 0.6) is 0 Å². The Bertz CT molecular complexity index is 755. The van der Waals surface area contributed by atoms with Gasteiger partial charge in [-0.3, -0.25) is 9.59 Å². The van der Waals surface area contributed by atoms with Crippen LogP contribution in [-0.2, 0) is 14.3 Å². The van der Waals surface area contributed by atoms with E-state index >= 15 is 0 Å². The van der Waals surface area contributed by atoms with Gasteiger partial charge in [0.2, 0.25) is 5.91 Å². The number of amides is 2. The van der Waals surface area contributed by atoms with Crippen molar-refractivity contribution in [2.75, 3.05) is 18.1 Å². The lowest BCUT2D eigenvalue weighted by Crippen LogP contribution is -2.54. The molecular weight excluding hydrogens is 408 g/mol. The summed E-state index contributed by atoms with van der Waals surface area (Å²) in [5.74, 6) is 2.31. The molecule has 1 aliphatic carbocycles. The molecule has 1 aliphatic heterocycles. The third-order valence-electron chi connectivity index (χ3n) is 5.28. The molecule has 1 aromatic carbocycles. The number of carbonyl (C=O) groups excluding carboxylic acids is 2. The van der Waals surface area contributed by atoms with Gasteiger partial charge in [0, 0.05) is 17.5 Å². The van der Waals surface area contributed by atoms with Crippen LogP contribution in [0.3, 0.4) is 0 Å². The monoisotopic (exact) mass is 436 g/mol. The van der Waals surface area contributed by atoms with E-state index in [1.807, 2.05) is 30.0 Å². The first kappa shape index (κ1) is 22.0. The average molecular weight is 437 g/mol. The molecule has 1 heterocycles. The fourth-order valence-corrected chi connectivity index (χ4v) is 4.77. The standard InChI is InChI=1S/C22H29ClN2O3S/c1-2-11-29-12-5-10-24-21(26)16-8-9-19-18(13-16)25-22(27)20(28-19)14-15-6-3-4-7-17(15)23/h3-4,6-7,14,16,18-19H,2,5,8-13H2,1H3,(H,24,26)(H,25,27)/b20-14-. The molecule has 2 aliphatic rings. The molecule has 2 N–H and O–H groups in total. The molecule has 2 amide bonds. The van der Waals surface area contributed by atoms with Crippen LogP contribution in [0.15, 0.2) is 30.0 Å². The topological polar surface area (TPSA) is 67.4 Å². The molecule has 3 rings (SSSR count). The van der Waals surface area contributed by atoms with Gasteiger partial charge in [0.1, 0.15) is 6.10 Å². The highest BCUT2D eigenvalue weighted by Gasteiger charge is 2.40. The highest BCUT2D eigenvalue weighted by Crippen LogP contribution is 2.32. The van der Waals surface area contributed by atoms with E-state index in [0.29, 0.717) is 18.0 Å². The molecule has 1 saturated carbocycles. The Hall–Kier alpha value is -1.66. The first-order valence-electron chi connectivity index (χ1n) is 10.4. The van der Waals surface area contributed by atoms with Gasteiger partial charge in [0.25, 0.3) is 5.91 Å². The van der Waals surface area contributed by atoms with Gasteiger partial charge in [-0.1, -0.05) is 36.7 Å². The second-order valence-corrected chi connectivity index (χ2v) is 9.17. The summed E-state index contributed by atoms with van der Waals surface area (Å²) in [4.78, 5) is 25.0. The Labute approximate surface area is 182 Å². The minimum Gasteiger partial charge on any atom is -0.483 e. The van der Waals surface area contributed by atoms with Gasteiger partial charge in [-0.15, -0.1) is 0 Å². The number of halogens is 1. The minimum atomic E-state index is -0.250. The summed E-state index contributed by atoms with van der Waals surface area (Å²) < 4.78 is 5.98. The maximum Gasteiger partial charge on any atom is 0.286 e. The molecule has 158 valence electrons. The van der Waals surface area contributed by atoms with E-state index in [0.717, 1.165) is 30.6 Å². The van der Waals surface area contributed by atoms with Crippen molar-refractivity contribution in [1.82, 2.24) is 10.6 Å². The van der Waals surface area contributed by atoms with Crippen LogP contribution < -0.4 is 10.6 Å². The highest BCUT2D eigenvalue weighted by molar-refractivity contribution is 7.99. The summed E-state index contributed by atoms with van der Waals surface area (Å²) in [5.41, 5.74) is 0.753. The number of carbonyl (C=O) groups is 2. The number of nitrogens with one attached hydrogen (secondary N) is 2. The van der Waals surface area contributed by atoms with Crippen molar-refractivity contribution < 1.29 is 14.3 Å². The quantitative estimate of drug-likeness (QED) is 0.477. The fourth-order valence-electron chi connectivity index (χ4n) is 3.74. The Morgan fingerprint density at radius 1 is 1.34 bits per heavy atom. The molecule has 0 aromatic heterocycles. The number of hydrogen-bond donors (Lipinski definition) is 2. The van der Waals surface area contributed by atoms with Gasteiger partial charge < -0.3 is 15.4 Å². The first-order valence-corrected chi connectivity index (χ1v) is 11.9. The van der Waals surface area contributed by atoms with Crippen LogP contribution in [0.1, 0.15) is 44.6 Å². The summed E-state index contributed by atoms with van der Waals surface area (Å²) in [6, 6.07) is 7.21. The summed E-state index contributed by atoms with van der Waals surface area (Å²) in [6.45, 7) is 2.89. The number of rotatable bonds is 8. The van der Waals surface area contributed by atoms with Gasteiger partial charge in [0.15, 0.2) is 5.76 Å². The number of fused-ring (bicyclic) bond motifs is 1. The van der Waals surface area contributed by atoms with Crippen molar-refractivity contribution >= 4 is 41.3 Å². The van der Waals surface area contributed by atoms with Crippen molar-refractivity contribution in [3.63, 3.8) is 0 Å². The van der Waals surface area contributed by atoms with Crippen molar-refractivity contribution in [2.45, 2.75) is 51.2 Å². The molecule has 0 spiro atoms. The Balaban J connectivity index is 1.50. The van der Waals surface area contributed by atoms with Gasteiger partial charge in [-0.25, -0.2) is 0 Å². The average Bonchev–Trinajstić information content (AvgIpc) is 2.72. The van der Waals surface area contributed by atoms with E-state index < -0.39 is 0 Å². The largest absolute Gasteiger partial charge is 0.483 e. The lowest BCUT2D eigenvalue weighted by Gasteiger charge is -2.39. The molecule has 5 nitrogen and oxygen atoms in total. The van der Waals surface area contributed by atoms with Crippen LogP contribution in [0.2, 0.25) is 5.02 Å². The molecule has 29 heavy (non-hydrogen) atoms. The number of morpholine rings is 1. The smallest absolute Gasteiger partial charge is 0.286 e. The van der Waals surface area contributed by atoms with Crippen LogP contribution in [0.25, 0.3) is 6.08 Å². The van der Waals surface area contributed by atoms with Crippen molar-refractivity contribution in [3.05, 3.63) is 40.6 Å². The third-order valence-corrected chi connectivity index (χ3v) is 6.90. The molecule has 3 unspecified atom stereocenters. The molecule has 3 atom stereocenters. The number of thioether (sulfide) groups is 1. The van der Waals surface area contributed by atoms with Crippen LogP contribution >= 0.6 is 23.4 Å². The molecule has 0 radical (unpaired) electrons. The van der Waals surface area contributed by atoms with Gasteiger partial charge in [-0.2, -0.15) is 11.8 Å². The number of benzene rings is 1. The molecule has 1 aromatic rings. The van der Waals surface area contributed by atoms with Crippen LogP contribution in [0, 0.1) is 5.92 Å². The lowest BCUT2D eigenvalue weighted by atomic mass is 9.82. The Morgan fingerprint density at radius 2 is 2.17 bits per heavy atom. The van der Waals surface area contributed by atoms with E-state index in [9.17, 15) is 9.59 Å². The predicted molar refractivity (Wildman–Crippen MR) is 119 cm³/mol. The lowest BCUT2D eigenvalue weighted by molar-refractivity contribution is -0.134. The summed E-state index contributed by atoms with van der Waals surface area (Å²) in [5, 5.41) is 6.65. The Morgan fingerprint density at radius 3 is 2.97 bits per heavy atom. The summed E-state index contributed by atoms with van der Waals surface area (Å²) in [7, 11) is 0. The van der Waals surface area contributed by atoms with Gasteiger partial charge in [0.05, 0.1) is 6.04 Å². The zero-order chi connectivity index (χ0) is 20.6. The van der Waals surface area contributed by atoms with Crippen molar-refractivity contribution in [2.24, 2.45) is 5.92 Å². The number of hydrogen-bond acceptors (Lipinski definition) is 4. The Kier molecular flexibility index (Phi) is 8.30. The second-order valence-electron chi connectivity index (χ2n) is 7.53. The van der Waals surface area contributed by atoms with Crippen molar-refractivity contribution in [1.29, 1.82) is 0 Å². The third kappa shape index (κ3) is 6.16. The zero-order valence-corrected chi connectivity index (χ0v) is 18.4. The van der Waals surface area contributed by atoms with Crippen LogP contribution in [-0.4, -0.2) is 42.0 Å². The van der Waals surface area contributed by atoms with Gasteiger partial charge >= 0.3 is 0 Å². The normalized spacial score (nSPS) is 25.1. The van der Waals surface area contributed by atoms with Crippen LogP contribution in [0.4, 0.5) is 0 Å². The van der Waals surface area contributed by atoms with E-state index in [1.165, 1.54) is 12.2 Å². The molecular formula is C22H29ClN2O3S. The summed E-state index contributed by atoms with van der Waals surface area (Å²) >= 11 is 8.11. The van der Waals surface area contributed by atoms with E-state index in [4.69, 9.17) is 16.3 Å². The minimum absolute atomic E-state index is 0.0717. The zero-order valence-electron chi connectivity index (χ0n) is 16.8. The van der Waals surface area contributed by atoms with E-state index in [2.05, 4.69) is 17.6 Å². The predicted octanol–water partition coefficient (Wildman–Crippen LogP) is 4.01. The van der Waals surface area contributed by atoms with Crippen molar-refractivity contribution in [3.8, 4) is 0 Å². The molecule has 2 fully saturated rings. The molecule has 0 bridgehead atoms. The van der Waals surface area contributed by atoms with Gasteiger partial charge in [-0.05, 0) is 61.3 Å². The maximum atomic E-state index is 12.5. The maximum absolute atomic E-state index is 12.5. The van der Waals surface area contributed by atoms with E-state index in [1.54, 1.807) is 12.1 Å². The second kappa shape index (κ2) is 10.9. The summed E-state index contributed by atoms with van der Waals surface area (Å²) in [6.07, 6.45) is 5.89. The van der Waals surface area contributed by atoms with E-state index in [-0.39, 0.29) is 35.6 Å².